The Morgan fingerprint density at radius 1 is 1.67 bits per heavy atom. The van der Waals surface area contributed by atoms with Crippen LogP contribution in [0, 0.1) is 10.1 Å². The van der Waals surface area contributed by atoms with Crippen molar-refractivity contribution in [3.05, 3.63) is 10.1 Å². The predicted octanol–water partition coefficient (Wildman–Crippen LogP) is -0.353. The van der Waals surface area contributed by atoms with Gasteiger partial charge in [-0.1, -0.05) is 0 Å². The average Bonchev–Trinajstić information content (AvgIpc) is 0.811. The first-order chi connectivity index (χ1) is 1.73. The predicted molar refractivity (Wildman–Crippen MR) is 8.78 cm³/mol. The first-order valence-electron chi connectivity index (χ1n) is 0.565. The summed E-state index contributed by atoms with van der Waals surface area (Å²) in [4.78, 5) is 8.36. The molecule has 4 nitrogen and oxygen atoms in total. The topological polar surface area (TPSA) is 63.4 Å². The number of nitrogens with zero attached hydrogens (tertiary/aromatic N) is 1. The Morgan fingerprint density at radius 3 is 1.67 bits per heavy atom. The molecule has 0 saturated heterocycles. The van der Waals surface area contributed by atoms with Crippen molar-refractivity contribution in [3.63, 3.8) is 0 Å². The molecule has 0 aliphatic heterocycles. The van der Waals surface area contributed by atoms with Crippen molar-refractivity contribution >= 4 is 0 Å². The zero-order chi connectivity index (χ0) is 3.58. The maximum atomic E-state index is 8.36. The standard InChI is InChI=1S/HNO3.Y.Zr/c2-1(3)4;;/h(H,2,3,4);;. The monoisotopic (exact) mass is 242 g/mol. The molecular formula is HNO3YZr. The van der Waals surface area contributed by atoms with Gasteiger partial charge >= 0.3 is 0 Å². The first-order valence-corrected chi connectivity index (χ1v) is 0.565. The Hall–Kier alpha value is 1.19. The second-order valence-electron chi connectivity index (χ2n) is 0.238. The van der Waals surface area contributed by atoms with Crippen LogP contribution in [0.5, 0.6) is 0 Å². The van der Waals surface area contributed by atoms with Crippen molar-refractivity contribution < 1.29 is 69.2 Å². The summed E-state index contributed by atoms with van der Waals surface area (Å²) in [6.07, 6.45) is 0. The largest absolute Gasteiger partial charge is 0.328 e. The maximum absolute atomic E-state index is 8.36. The molecule has 0 fully saturated rings. The molecule has 0 saturated carbocycles. The van der Waals surface area contributed by atoms with Crippen molar-refractivity contribution in [3.8, 4) is 0 Å². The van der Waals surface area contributed by atoms with Gasteiger partial charge < -0.3 is 5.21 Å². The minimum Gasteiger partial charge on any atom is -0.328 e. The zero-order valence-corrected chi connectivity index (χ0v) is 8.08. The Morgan fingerprint density at radius 2 is 1.67 bits per heavy atom. The van der Waals surface area contributed by atoms with Crippen molar-refractivity contribution in [1.82, 2.24) is 0 Å². The van der Waals surface area contributed by atoms with Crippen LogP contribution in [0.4, 0.5) is 0 Å². The molecule has 0 amide bonds. The molecule has 0 atom stereocenters. The summed E-state index contributed by atoms with van der Waals surface area (Å²) in [5.41, 5.74) is 0. The van der Waals surface area contributed by atoms with Crippen LogP contribution in [-0.2, 0) is 58.9 Å². The molecule has 0 spiro atoms. The van der Waals surface area contributed by atoms with Crippen molar-refractivity contribution in [1.29, 1.82) is 0 Å². The zero-order valence-electron chi connectivity index (χ0n) is 2.79. The molecule has 0 heterocycles. The fourth-order valence-corrected chi connectivity index (χ4v) is 0. The summed E-state index contributed by atoms with van der Waals surface area (Å²) < 4.78 is 0. The van der Waals surface area contributed by atoms with Crippen molar-refractivity contribution in [2.75, 3.05) is 0 Å². The molecule has 6 heavy (non-hydrogen) atoms. The molecule has 0 aliphatic carbocycles. The van der Waals surface area contributed by atoms with E-state index in [4.69, 9.17) is 15.3 Å². The van der Waals surface area contributed by atoms with Gasteiger partial charge in [-0.25, -0.2) is 0 Å². The van der Waals surface area contributed by atoms with E-state index in [2.05, 4.69) is 0 Å². The molecule has 0 aliphatic rings. The quantitative estimate of drug-likeness (QED) is 0.467. The molecule has 0 aromatic heterocycles. The Labute approximate surface area is 78.4 Å². The van der Waals surface area contributed by atoms with Crippen LogP contribution in [0.2, 0.25) is 0 Å². The Balaban J connectivity index is -0.0000000450. The van der Waals surface area contributed by atoms with Crippen LogP contribution in [0.1, 0.15) is 0 Å². The fourth-order valence-electron chi connectivity index (χ4n) is 0. The van der Waals surface area contributed by atoms with E-state index in [-0.39, 0.29) is 58.9 Å². The van der Waals surface area contributed by atoms with E-state index in [1.807, 2.05) is 0 Å². The van der Waals surface area contributed by atoms with Crippen LogP contribution >= 0.6 is 0 Å². The third-order valence-corrected chi connectivity index (χ3v) is 0. The molecule has 31 valence electrons. The van der Waals surface area contributed by atoms with Crippen LogP contribution in [0.3, 0.4) is 0 Å². The Kier molecular flexibility index (Phi) is 24.8. The second kappa shape index (κ2) is 9.50. The van der Waals surface area contributed by atoms with Gasteiger partial charge in [0.1, 0.15) is 0 Å². The molecule has 0 rings (SSSR count). The van der Waals surface area contributed by atoms with E-state index in [1.54, 1.807) is 0 Å². The van der Waals surface area contributed by atoms with Gasteiger partial charge in [-0.2, -0.15) is 0 Å². The molecule has 0 aromatic rings. The van der Waals surface area contributed by atoms with Gasteiger partial charge in [0.15, 0.2) is 0 Å². The van der Waals surface area contributed by atoms with Gasteiger partial charge in [-0.05, 0) is 0 Å². The summed E-state index contributed by atoms with van der Waals surface area (Å²) in [6, 6.07) is 0. The average molecular weight is 243 g/mol. The van der Waals surface area contributed by atoms with Crippen LogP contribution in [-0.4, -0.2) is 10.3 Å². The van der Waals surface area contributed by atoms with Crippen molar-refractivity contribution in [2.24, 2.45) is 0 Å². The molecule has 1 radical (unpaired) electrons. The normalized spacial score (nSPS) is 4.00. The second-order valence-corrected chi connectivity index (χ2v) is 0.238. The minimum atomic E-state index is -1.50. The van der Waals surface area contributed by atoms with Gasteiger partial charge in [0.2, 0.25) is 0 Å². The maximum Gasteiger partial charge on any atom is 0.291 e. The SMILES string of the molecule is O=[N+]([O-])O.[Y].[Zr]. The third kappa shape index (κ3) is 64.5. The van der Waals surface area contributed by atoms with Gasteiger partial charge in [-0.3, -0.25) is 0 Å². The summed E-state index contributed by atoms with van der Waals surface area (Å²) in [6.45, 7) is 0. The van der Waals surface area contributed by atoms with Gasteiger partial charge in [-0.15, -0.1) is 10.1 Å². The van der Waals surface area contributed by atoms with Gasteiger partial charge in [0, 0.05) is 58.9 Å². The summed E-state index contributed by atoms with van der Waals surface area (Å²) in [5.74, 6) is 0. The molecule has 1 N–H and O–H groups in total. The van der Waals surface area contributed by atoms with Crippen LogP contribution in [0.25, 0.3) is 0 Å². The van der Waals surface area contributed by atoms with Gasteiger partial charge in [0.05, 0.1) is 0 Å². The Bertz CT molecular complexity index is 33.8. The number of hydrogen-bond donors (Lipinski definition) is 1. The van der Waals surface area contributed by atoms with Crippen molar-refractivity contribution in [2.45, 2.75) is 0 Å². The van der Waals surface area contributed by atoms with E-state index < -0.39 is 5.09 Å². The summed E-state index contributed by atoms with van der Waals surface area (Å²) in [5, 5.41) is 13.6. The summed E-state index contributed by atoms with van der Waals surface area (Å²) >= 11 is 0. The van der Waals surface area contributed by atoms with Crippen LogP contribution in [0.15, 0.2) is 0 Å². The molecule has 0 unspecified atom stereocenters. The fraction of sp³-hybridized carbons (Fsp3) is 0. The van der Waals surface area contributed by atoms with E-state index in [0.29, 0.717) is 0 Å². The van der Waals surface area contributed by atoms with Gasteiger partial charge in [0.25, 0.3) is 5.09 Å². The van der Waals surface area contributed by atoms with E-state index in [0.717, 1.165) is 0 Å². The van der Waals surface area contributed by atoms with E-state index >= 15 is 0 Å². The molecule has 0 aromatic carbocycles. The minimum absolute atomic E-state index is 0. The molecular weight excluding hydrogens is 242 g/mol. The summed E-state index contributed by atoms with van der Waals surface area (Å²) in [7, 11) is 0. The van der Waals surface area contributed by atoms with E-state index in [9.17, 15) is 0 Å². The number of rotatable bonds is 0. The number of hydrogen-bond acceptors (Lipinski definition) is 2. The molecule has 6 heteroatoms. The van der Waals surface area contributed by atoms with E-state index in [1.165, 1.54) is 0 Å². The molecule has 0 bridgehead atoms. The first kappa shape index (κ1) is 15.7. The van der Waals surface area contributed by atoms with Crippen LogP contribution < -0.4 is 0 Å². The smallest absolute Gasteiger partial charge is 0.291 e. The third-order valence-electron chi connectivity index (χ3n) is 0.